The van der Waals surface area contributed by atoms with E-state index < -0.39 is 0 Å². The fourth-order valence-electron chi connectivity index (χ4n) is 4.98. The molecule has 0 fully saturated rings. The van der Waals surface area contributed by atoms with E-state index >= 15 is 0 Å². The lowest BCUT2D eigenvalue weighted by atomic mass is 10.0. The normalized spacial score (nSPS) is 18.4. The summed E-state index contributed by atoms with van der Waals surface area (Å²) in [5, 5.41) is 12.8. The van der Waals surface area contributed by atoms with Gasteiger partial charge in [-0.05, 0) is 43.3 Å². The minimum atomic E-state index is -0.307. The van der Waals surface area contributed by atoms with Crippen LogP contribution in [0.3, 0.4) is 0 Å². The highest BCUT2D eigenvalue weighted by Crippen LogP contribution is 2.29. The number of hydrogen-bond donors (Lipinski definition) is 2. The van der Waals surface area contributed by atoms with Gasteiger partial charge >= 0.3 is 0 Å². The molecule has 1 aliphatic rings. The van der Waals surface area contributed by atoms with Crippen molar-refractivity contribution in [3.63, 3.8) is 0 Å². The van der Waals surface area contributed by atoms with Crippen LogP contribution in [0.25, 0.3) is 0 Å². The summed E-state index contributed by atoms with van der Waals surface area (Å²) < 4.78 is 6.61. The molecule has 1 aliphatic heterocycles. The third-order valence-corrected chi connectivity index (χ3v) is 7.19. The van der Waals surface area contributed by atoms with Crippen LogP contribution in [0.2, 0.25) is 0 Å². The molecule has 0 saturated carbocycles. The number of aliphatic hydroxyl groups is 1. The second kappa shape index (κ2) is 13.4. The molecule has 4 rings (SSSR count). The van der Waals surface area contributed by atoms with Gasteiger partial charge in [0.25, 0.3) is 0 Å². The van der Waals surface area contributed by atoms with E-state index in [0.29, 0.717) is 24.5 Å². The fraction of sp³-hybridized carbons (Fsp3) is 0.375. The molecule has 1 heterocycles. The number of rotatable bonds is 9. The van der Waals surface area contributed by atoms with Crippen LogP contribution in [0.15, 0.2) is 78.9 Å². The first kappa shape index (κ1) is 28.3. The smallest absolute Gasteiger partial charge is 0.228 e. The number of amides is 2. The second-order valence-electron chi connectivity index (χ2n) is 10.6. The fourth-order valence-corrected chi connectivity index (χ4v) is 4.98. The first-order valence-corrected chi connectivity index (χ1v) is 13.6. The summed E-state index contributed by atoms with van der Waals surface area (Å²) in [6.07, 6.45) is 0.208. The molecule has 0 radical (unpaired) electrons. The van der Waals surface area contributed by atoms with Gasteiger partial charge in [0.05, 0.1) is 25.5 Å². The van der Waals surface area contributed by atoms with Crippen LogP contribution in [-0.2, 0) is 29.0 Å². The molecule has 0 spiro atoms. The van der Waals surface area contributed by atoms with E-state index in [4.69, 9.17) is 4.74 Å². The van der Waals surface area contributed by atoms with E-state index in [1.54, 1.807) is 4.90 Å². The molecule has 7 nitrogen and oxygen atoms in total. The van der Waals surface area contributed by atoms with Crippen LogP contribution in [0.4, 0.5) is 5.69 Å². The topological polar surface area (TPSA) is 82.1 Å². The van der Waals surface area contributed by atoms with Crippen molar-refractivity contribution in [2.75, 3.05) is 32.1 Å². The van der Waals surface area contributed by atoms with Gasteiger partial charge in [-0.3, -0.25) is 14.5 Å². The zero-order valence-corrected chi connectivity index (χ0v) is 23.0. The van der Waals surface area contributed by atoms with E-state index in [-0.39, 0.29) is 49.3 Å². The summed E-state index contributed by atoms with van der Waals surface area (Å²) in [6.45, 7) is 5.78. The molecule has 0 saturated heterocycles. The highest BCUT2D eigenvalue weighted by molar-refractivity contribution is 5.92. The van der Waals surface area contributed by atoms with Crippen molar-refractivity contribution in [3.05, 3.63) is 95.6 Å². The van der Waals surface area contributed by atoms with Crippen LogP contribution in [0.1, 0.15) is 30.5 Å². The molecule has 2 amide bonds. The van der Waals surface area contributed by atoms with Crippen LogP contribution in [0.5, 0.6) is 5.75 Å². The van der Waals surface area contributed by atoms with Crippen LogP contribution < -0.4 is 10.1 Å². The Balaban J connectivity index is 1.56. The van der Waals surface area contributed by atoms with Gasteiger partial charge in [0.1, 0.15) is 11.9 Å². The van der Waals surface area contributed by atoms with E-state index in [1.807, 2.05) is 73.7 Å². The number of fused-ring (bicyclic) bond motifs is 1. The summed E-state index contributed by atoms with van der Waals surface area (Å²) in [5.41, 5.74) is 3.49. The second-order valence-corrected chi connectivity index (χ2v) is 10.6. The molecule has 39 heavy (non-hydrogen) atoms. The predicted molar refractivity (Wildman–Crippen MR) is 154 cm³/mol. The van der Waals surface area contributed by atoms with Gasteiger partial charge in [-0.25, -0.2) is 0 Å². The van der Waals surface area contributed by atoms with Gasteiger partial charge in [-0.1, -0.05) is 67.6 Å². The van der Waals surface area contributed by atoms with Gasteiger partial charge in [0.15, 0.2) is 0 Å². The molecule has 3 aromatic carbocycles. The van der Waals surface area contributed by atoms with Crippen molar-refractivity contribution in [3.8, 4) is 5.75 Å². The van der Waals surface area contributed by atoms with Gasteiger partial charge in [0, 0.05) is 36.8 Å². The number of likely N-dealkylation sites (N-methyl/N-ethyl adjacent to an activating group) is 1. The van der Waals surface area contributed by atoms with Crippen molar-refractivity contribution < 1.29 is 19.4 Å². The summed E-state index contributed by atoms with van der Waals surface area (Å²) in [7, 11) is 2.07. The Morgan fingerprint density at radius 2 is 1.74 bits per heavy atom. The van der Waals surface area contributed by atoms with Gasteiger partial charge in [0.2, 0.25) is 11.8 Å². The quantitative estimate of drug-likeness (QED) is 0.435. The molecule has 206 valence electrons. The van der Waals surface area contributed by atoms with Crippen LogP contribution in [0, 0.1) is 5.92 Å². The molecule has 2 N–H and O–H groups in total. The number of nitrogens with one attached hydrogen (secondary N) is 1. The molecule has 3 aromatic rings. The monoisotopic (exact) mass is 529 g/mol. The Bertz CT molecular complexity index is 1230. The Kier molecular flexibility index (Phi) is 9.74. The predicted octanol–water partition coefficient (Wildman–Crippen LogP) is 4.15. The Morgan fingerprint density at radius 3 is 2.41 bits per heavy atom. The summed E-state index contributed by atoms with van der Waals surface area (Å²) in [4.78, 5) is 30.1. The average molecular weight is 530 g/mol. The standard InChI is InChI=1S/C32H39N3O4/c1-23-19-35(24(2)22-36)32(38)18-27-17-28(33-31(37)16-25-10-6-4-7-11-25)14-15-29(27)39-30(23)21-34(3)20-26-12-8-5-9-13-26/h4-15,17,23-24,30,36H,16,18-22H2,1-3H3,(H,33,37)/t23-,24+,30-/m0/s1. The lowest BCUT2D eigenvalue weighted by Crippen LogP contribution is -2.47. The number of nitrogens with zero attached hydrogens (tertiary/aromatic N) is 2. The number of carbonyl (C=O) groups excluding carboxylic acids is 2. The zero-order valence-electron chi connectivity index (χ0n) is 23.0. The van der Waals surface area contributed by atoms with E-state index in [1.165, 1.54) is 5.56 Å². The maximum absolute atomic E-state index is 13.4. The molecule has 0 aliphatic carbocycles. The molecule has 3 atom stereocenters. The number of benzene rings is 3. The largest absolute Gasteiger partial charge is 0.488 e. The third kappa shape index (κ3) is 7.91. The Hall–Kier alpha value is -3.68. The van der Waals surface area contributed by atoms with E-state index in [0.717, 1.165) is 17.7 Å². The minimum Gasteiger partial charge on any atom is -0.488 e. The number of aliphatic hydroxyl groups excluding tert-OH is 1. The van der Waals surface area contributed by atoms with Crippen molar-refractivity contribution in [1.82, 2.24) is 9.80 Å². The van der Waals surface area contributed by atoms with E-state index in [9.17, 15) is 14.7 Å². The zero-order chi connectivity index (χ0) is 27.8. The highest BCUT2D eigenvalue weighted by Gasteiger charge is 2.31. The maximum atomic E-state index is 13.4. The lowest BCUT2D eigenvalue weighted by Gasteiger charge is -2.34. The number of carbonyl (C=O) groups is 2. The number of hydrogen-bond acceptors (Lipinski definition) is 5. The maximum Gasteiger partial charge on any atom is 0.228 e. The number of ether oxygens (including phenoxy) is 1. The molecular weight excluding hydrogens is 490 g/mol. The van der Waals surface area contributed by atoms with Gasteiger partial charge < -0.3 is 20.1 Å². The third-order valence-electron chi connectivity index (χ3n) is 7.19. The lowest BCUT2D eigenvalue weighted by molar-refractivity contribution is -0.134. The highest BCUT2D eigenvalue weighted by atomic mass is 16.5. The number of anilines is 1. The van der Waals surface area contributed by atoms with Crippen LogP contribution in [-0.4, -0.2) is 65.6 Å². The SMILES string of the molecule is C[C@H](CO)N1C[C@H](C)[C@H](CN(C)Cc2ccccc2)Oc2ccc(NC(=O)Cc3ccccc3)cc2CC1=O. The Morgan fingerprint density at radius 1 is 1.08 bits per heavy atom. The summed E-state index contributed by atoms with van der Waals surface area (Å²) >= 11 is 0. The summed E-state index contributed by atoms with van der Waals surface area (Å²) in [5.74, 6) is 0.477. The van der Waals surface area contributed by atoms with E-state index in [2.05, 4.69) is 36.3 Å². The minimum absolute atomic E-state index is 0.0253. The van der Waals surface area contributed by atoms with Crippen LogP contribution >= 0.6 is 0 Å². The molecule has 0 unspecified atom stereocenters. The van der Waals surface area contributed by atoms with Crippen molar-refractivity contribution in [1.29, 1.82) is 0 Å². The van der Waals surface area contributed by atoms with Crippen molar-refractivity contribution >= 4 is 17.5 Å². The van der Waals surface area contributed by atoms with Gasteiger partial charge in [-0.2, -0.15) is 0 Å². The van der Waals surface area contributed by atoms with Crippen molar-refractivity contribution in [2.45, 2.75) is 45.4 Å². The molecule has 0 aromatic heterocycles. The Labute approximate surface area is 231 Å². The molecule has 0 bridgehead atoms. The first-order valence-electron chi connectivity index (χ1n) is 13.6. The average Bonchev–Trinajstić information content (AvgIpc) is 2.97. The first-order chi connectivity index (χ1) is 18.8. The molecule has 7 heteroatoms. The summed E-state index contributed by atoms with van der Waals surface area (Å²) in [6, 6.07) is 25.1. The molecular formula is C32H39N3O4. The van der Waals surface area contributed by atoms with Gasteiger partial charge in [-0.15, -0.1) is 0 Å². The van der Waals surface area contributed by atoms with Crippen molar-refractivity contribution in [2.24, 2.45) is 5.92 Å².